The molecule has 1 saturated carbocycles. The summed E-state index contributed by atoms with van der Waals surface area (Å²) in [6, 6.07) is 4.80. The van der Waals surface area contributed by atoms with E-state index in [9.17, 15) is 14.7 Å². The normalized spacial score (nSPS) is 19.3. The smallest absolute Gasteiger partial charge is 0.260 e. The van der Waals surface area contributed by atoms with Gasteiger partial charge in [-0.25, -0.2) is 0 Å². The molecule has 1 aliphatic rings. The number of primary amides is 1. The molecule has 2 aromatic rings. The fourth-order valence-electron chi connectivity index (χ4n) is 3.26. The summed E-state index contributed by atoms with van der Waals surface area (Å²) < 4.78 is 1.31. The van der Waals surface area contributed by atoms with Gasteiger partial charge in [0.1, 0.15) is 11.6 Å². The summed E-state index contributed by atoms with van der Waals surface area (Å²) in [5, 5.41) is 10.0. The third-order valence-corrected chi connectivity index (χ3v) is 4.87. The summed E-state index contributed by atoms with van der Waals surface area (Å²) in [6.45, 7) is 5.59. The summed E-state index contributed by atoms with van der Waals surface area (Å²) in [5.41, 5.74) is 13.8. The van der Waals surface area contributed by atoms with Crippen LogP contribution >= 0.6 is 0 Å². The van der Waals surface area contributed by atoms with E-state index in [1.165, 1.54) is 10.6 Å². The predicted molar refractivity (Wildman–Crippen MR) is 92.6 cm³/mol. The van der Waals surface area contributed by atoms with E-state index in [1.54, 1.807) is 19.1 Å². The molecule has 1 amide bonds. The topological polar surface area (TPSA) is 111 Å². The summed E-state index contributed by atoms with van der Waals surface area (Å²) >= 11 is 0. The van der Waals surface area contributed by atoms with Crippen molar-refractivity contribution in [2.45, 2.75) is 33.1 Å². The lowest BCUT2D eigenvalue weighted by Gasteiger charge is -2.19. The van der Waals surface area contributed by atoms with E-state index in [1.807, 2.05) is 6.92 Å². The fraction of sp³-hybridized carbons (Fsp3) is 0.333. The van der Waals surface area contributed by atoms with Gasteiger partial charge in [-0.1, -0.05) is 13.0 Å². The second kappa shape index (κ2) is 5.40. The maximum atomic E-state index is 13.1. The van der Waals surface area contributed by atoms with Crippen molar-refractivity contribution in [1.82, 2.24) is 4.57 Å². The molecule has 1 aromatic carbocycles. The number of pyridine rings is 1. The molecule has 0 unspecified atom stereocenters. The minimum atomic E-state index is -0.675. The molecule has 3 rings (SSSR count). The predicted octanol–water partition coefficient (Wildman–Crippen LogP) is 1.96. The average molecular weight is 327 g/mol. The summed E-state index contributed by atoms with van der Waals surface area (Å²) in [7, 11) is 0. The number of nitrogens with two attached hydrogens (primary N) is 2. The van der Waals surface area contributed by atoms with Crippen molar-refractivity contribution in [3.8, 4) is 11.4 Å². The summed E-state index contributed by atoms with van der Waals surface area (Å²) in [6.07, 6.45) is 0.898. The molecule has 6 heteroatoms. The van der Waals surface area contributed by atoms with Crippen molar-refractivity contribution in [3.63, 3.8) is 0 Å². The number of aromatic nitrogens is 1. The Morgan fingerprint density at radius 1 is 1.33 bits per heavy atom. The Hall–Kier alpha value is -2.76. The van der Waals surface area contributed by atoms with Gasteiger partial charge < -0.3 is 16.6 Å². The van der Waals surface area contributed by atoms with E-state index >= 15 is 0 Å². The first-order valence-electron chi connectivity index (χ1n) is 7.88. The second-order valence-electron chi connectivity index (χ2n) is 6.60. The van der Waals surface area contributed by atoms with Crippen LogP contribution in [0.2, 0.25) is 0 Å². The van der Waals surface area contributed by atoms with Gasteiger partial charge in [-0.15, -0.1) is 0 Å². The van der Waals surface area contributed by atoms with Gasteiger partial charge in [0, 0.05) is 11.1 Å². The minimum Gasteiger partial charge on any atom is -0.508 e. The van der Waals surface area contributed by atoms with Crippen LogP contribution in [0.25, 0.3) is 5.69 Å². The molecule has 1 aromatic heterocycles. The molecule has 1 heterocycles. The van der Waals surface area contributed by atoms with Crippen molar-refractivity contribution in [3.05, 3.63) is 50.8 Å². The van der Waals surface area contributed by atoms with Gasteiger partial charge in [0.15, 0.2) is 0 Å². The molecule has 24 heavy (non-hydrogen) atoms. The zero-order chi connectivity index (χ0) is 17.8. The molecule has 1 fully saturated rings. The standard InChI is InChI=1S/C18H21N3O3/c1-8-4-5-14(22)10(3)15(8)21-16(19)13(17(20)23)7-12(18(21)24)11-6-9(11)2/h4-5,7,9,11,22H,6,19H2,1-3H3,(H2,20,23)/t9-,11-/m1/s1. The number of carbonyl (C=O) groups excluding carboxylic acids is 1. The number of anilines is 1. The Balaban J connectivity index is 2.40. The average Bonchev–Trinajstić information content (AvgIpc) is 3.23. The number of aryl methyl sites for hydroxylation is 1. The van der Waals surface area contributed by atoms with Crippen molar-refractivity contribution < 1.29 is 9.90 Å². The quantitative estimate of drug-likeness (QED) is 0.800. The molecular weight excluding hydrogens is 306 g/mol. The number of aromatic hydroxyl groups is 1. The lowest BCUT2D eigenvalue weighted by molar-refractivity contribution is 0.100. The minimum absolute atomic E-state index is 0.00125. The van der Waals surface area contributed by atoms with Gasteiger partial charge in [-0.05, 0) is 49.8 Å². The van der Waals surface area contributed by atoms with E-state index in [0.717, 1.165) is 12.0 Å². The first kappa shape index (κ1) is 16.1. The van der Waals surface area contributed by atoms with Crippen molar-refractivity contribution in [2.24, 2.45) is 11.7 Å². The van der Waals surface area contributed by atoms with Crippen molar-refractivity contribution >= 4 is 11.7 Å². The molecule has 0 radical (unpaired) electrons. The third kappa shape index (κ3) is 2.35. The van der Waals surface area contributed by atoms with E-state index < -0.39 is 5.91 Å². The van der Waals surface area contributed by atoms with E-state index in [0.29, 0.717) is 22.7 Å². The number of nitrogens with zero attached hydrogens (tertiary/aromatic N) is 1. The zero-order valence-electron chi connectivity index (χ0n) is 14.0. The Kier molecular flexibility index (Phi) is 3.63. The molecule has 1 aliphatic carbocycles. The van der Waals surface area contributed by atoms with Crippen LogP contribution in [0, 0.1) is 19.8 Å². The molecule has 5 N–H and O–H groups in total. The van der Waals surface area contributed by atoms with Crippen LogP contribution in [-0.2, 0) is 0 Å². The van der Waals surface area contributed by atoms with E-state index in [2.05, 4.69) is 6.92 Å². The Morgan fingerprint density at radius 3 is 2.50 bits per heavy atom. The second-order valence-corrected chi connectivity index (χ2v) is 6.60. The number of phenolic OH excluding ortho intramolecular Hbond substituents is 1. The van der Waals surface area contributed by atoms with Crippen LogP contribution in [0.1, 0.15) is 46.3 Å². The zero-order valence-corrected chi connectivity index (χ0v) is 14.0. The molecule has 0 spiro atoms. The molecule has 6 nitrogen and oxygen atoms in total. The fourth-order valence-corrected chi connectivity index (χ4v) is 3.26. The number of nitrogen functional groups attached to an aromatic ring is 1. The number of rotatable bonds is 3. The van der Waals surface area contributed by atoms with Gasteiger partial charge >= 0.3 is 0 Å². The Morgan fingerprint density at radius 2 is 1.96 bits per heavy atom. The highest BCUT2D eigenvalue weighted by atomic mass is 16.3. The van der Waals surface area contributed by atoms with Crippen molar-refractivity contribution in [1.29, 1.82) is 0 Å². The number of carbonyl (C=O) groups is 1. The van der Waals surface area contributed by atoms with Gasteiger partial charge in [0.05, 0.1) is 11.3 Å². The summed E-state index contributed by atoms with van der Waals surface area (Å²) in [4.78, 5) is 24.9. The Labute approximate surface area is 139 Å². The monoisotopic (exact) mass is 327 g/mol. The number of benzene rings is 1. The SMILES string of the molecule is Cc1ccc(O)c(C)c1-n1c(N)c(C(N)=O)cc([C@@H]2C[C@H]2C)c1=O. The van der Waals surface area contributed by atoms with E-state index in [4.69, 9.17) is 11.5 Å². The number of amides is 1. The maximum Gasteiger partial charge on any atom is 0.260 e. The number of hydrogen-bond donors (Lipinski definition) is 3. The van der Waals surface area contributed by atoms with Crippen molar-refractivity contribution in [2.75, 3.05) is 5.73 Å². The molecule has 126 valence electrons. The van der Waals surface area contributed by atoms with Crippen LogP contribution < -0.4 is 17.0 Å². The van der Waals surface area contributed by atoms with Crippen LogP contribution in [0.5, 0.6) is 5.75 Å². The summed E-state index contributed by atoms with van der Waals surface area (Å²) in [5.74, 6) is -0.109. The maximum absolute atomic E-state index is 13.1. The van der Waals surface area contributed by atoms with Crippen LogP contribution in [0.3, 0.4) is 0 Å². The van der Waals surface area contributed by atoms with Gasteiger partial charge in [0.25, 0.3) is 11.5 Å². The highest BCUT2D eigenvalue weighted by molar-refractivity contribution is 5.97. The van der Waals surface area contributed by atoms with Gasteiger partial charge in [-0.3, -0.25) is 14.2 Å². The number of phenols is 1. The van der Waals surface area contributed by atoms with Gasteiger partial charge in [-0.2, -0.15) is 0 Å². The molecular formula is C18H21N3O3. The molecule has 0 bridgehead atoms. The molecule has 0 aliphatic heterocycles. The highest BCUT2D eigenvalue weighted by Gasteiger charge is 2.37. The largest absolute Gasteiger partial charge is 0.508 e. The lowest BCUT2D eigenvalue weighted by atomic mass is 10.0. The van der Waals surface area contributed by atoms with E-state index in [-0.39, 0.29) is 28.6 Å². The van der Waals surface area contributed by atoms with Crippen LogP contribution in [0.15, 0.2) is 23.0 Å². The third-order valence-electron chi connectivity index (χ3n) is 4.87. The molecule has 0 saturated heterocycles. The first-order chi connectivity index (χ1) is 11.2. The lowest BCUT2D eigenvalue weighted by Crippen LogP contribution is -2.29. The number of hydrogen-bond acceptors (Lipinski definition) is 4. The van der Waals surface area contributed by atoms with Crippen LogP contribution in [-0.4, -0.2) is 15.6 Å². The van der Waals surface area contributed by atoms with Crippen LogP contribution in [0.4, 0.5) is 5.82 Å². The van der Waals surface area contributed by atoms with Gasteiger partial charge in [0.2, 0.25) is 0 Å². The molecule has 2 atom stereocenters. The highest BCUT2D eigenvalue weighted by Crippen LogP contribution is 2.46. The Bertz CT molecular complexity index is 915. The first-order valence-corrected chi connectivity index (χ1v) is 7.88.